The molecule has 1 atom stereocenters. The Morgan fingerprint density at radius 1 is 1.50 bits per heavy atom. The highest BCUT2D eigenvalue weighted by molar-refractivity contribution is 5.86. The monoisotopic (exact) mass is 273 g/mol. The molecule has 1 heterocycles. The highest BCUT2D eigenvalue weighted by Crippen LogP contribution is 2.23. The number of nitriles is 1. The lowest BCUT2D eigenvalue weighted by molar-refractivity contribution is -0.125. The van der Waals surface area contributed by atoms with Crippen molar-refractivity contribution in [1.29, 1.82) is 5.26 Å². The summed E-state index contributed by atoms with van der Waals surface area (Å²) < 4.78 is 5.42. The summed E-state index contributed by atoms with van der Waals surface area (Å²) in [6, 6.07) is 9.22. The van der Waals surface area contributed by atoms with E-state index in [1.165, 1.54) is 0 Å². The van der Waals surface area contributed by atoms with Crippen LogP contribution >= 0.6 is 0 Å². The van der Waals surface area contributed by atoms with Crippen molar-refractivity contribution in [3.05, 3.63) is 29.8 Å². The summed E-state index contributed by atoms with van der Waals surface area (Å²) in [6.45, 7) is 5.36. The number of rotatable bonds is 3. The third-order valence-electron chi connectivity index (χ3n) is 3.20. The van der Waals surface area contributed by atoms with E-state index in [1.54, 1.807) is 6.07 Å². The van der Waals surface area contributed by atoms with Crippen LogP contribution in [0.15, 0.2) is 24.3 Å². The van der Waals surface area contributed by atoms with E-state index >= 15 is 0 Å². The molecule has 106 valence electrons. The number of hydrogen-bond donors (Lipinski definition) is 1. The molecule has 1 N–H and O–H groups in total. The second-order valence-electron chi connectivity index (χ2n) is 5.08. The number of amides is 1. The molecular weight excluding hydrogens is 254 g/mol. The van der Waals surface area contributed by atoms with Crippen molar-refractivity contribution < 1.29 is 9.53 Å². The minimum atomic E-state index is -0.388. The van der Waals surface area contributed by atoms with Crippen molar-refractivity contribution in [1.82, 2.24) is 5.32 Å². The van der Waals surface area contributed by atoms with E-state index in [2.05, 4.69) is 11.4 Å². The van der Waals surface area contributed by atoms with E-state index in [-0.39, 0.29) is 18.0 Å². The molecule has 1 unspecified atom stereocenters. The van der Waals surface area contributed by atoms with Gasteiger partial charge in [0.15, 0.2) is 0 Å². The van der Waals surface area contributed by atoms with Crippen LogP contribution in [0.4, 0.5) is 5.69 Å². The number of benzene rings is 1. The Kier molecular flexibility index (Phi) is 4.59. The van der Waals surface area contributed by atoms with Crippen LogP contribution in [0, 0.1) is 11.3 Å². The molecular formula is C15H19N3O2. The van der Waals surface area contributed by atoms with Crippen LogP contribution in [0.2, 0.25) is 0 Å². The van der Waals surface area contributed by atoms with Gasteiger partial charge < -0.3 is 15.0 Å². The topological polar surface area (TPSA) is 65.4 Å². The summed E-state index contributed by atoms with van der Waals surface area (Å²) >= 11 is 0. The smallest absolute Gasteiger partial charge is 0.245 e. The summed E-state index contributed by atoms with van der Waals surface area (Å²) in [6.07, 6.45) is 0. The third-order valence-corrected chi connectivity index (χ3v) is 3.20. The van der Waals surface area contributed by atoms with Crippen LogP contribution in [-0.4, -0.2) is 37.7 Å². The van der Waals surface area contributed by atoms with Gasteiger partial charge in [-0.15, -0.1) is 0 Å². The molecule has 1 aliphatic heterocycles. The molecule has 1 amide bonds. The Hall–Kier alpha value is -2.06. The first-order chi connectivity index (χ1) is 9.63. The van der Waals surface area contributed by atoms with Crippen molar-refractivity contribution >= 4 is 11.6 Å². The van der Waals surface area contributed by atoms with Crippen molar-refractivity contribution in [3.8, 4) is 6.07 Å². The highest BCUT2D eigenvalue weighted by Gasteiger charge is 2.30. The van der Waals surface area contributed by atoms with E-state index in [0.717, 1.165) is 5.69 Å². The van der Waals surface area contributed by atoms with Gasteiger partial charge in [-0.05, 0) is 26.0 Å². The Balaban J connectivity index is 2.27. The molecule has 20 heavy (non-hydrogen) atoms. The van der Waals surface area contributed by atoms with Gasteiger partial charge in [-0.1, -0.05) is 12.1 Å². The summed E-state index contributed by atoms with van der Waals surface area (Å²) in [5.74, 6) is -0.0626. The van der Waals surface area contributed by atoms with Gasteiger partial charge in [-0.3, -0.25) is 4.79 Å². The number of carbonyl (C=O) groups is 1. The predicted molar refractivity (Wildman–Crippen MR) is 76.4 cm³/mol. The van der Waals surface area contributed by atoms with E-state index in [4.69, 9.17) is 4.74 Å². The lowest BCUT2D eigenvalue weighted by atomic mass is 10.1. The normalized spacial score (nSPS) is 18.7. The maximum atomic E-state index is 12.3. The Labute approximate surface area is 119 Å². The van der Waals surface area contributed by atoms with Gasteiger partial charge in [0, 0.05) is 12.6 Å². The quantitative estimate of drug-likeness (QED) is 0.901. The van der Waals surface area contributed by atoms with Gasteiger partial charge in [-0.2, -0.15) is 5.26 Å². The number of anilines is 1. The number of hydrogen-bond acceptors (Lipinski definition) is 4. The van der Waals surface area contributed by atoms with Crippen LogP contribution in [0.1, 0.15) is 19.4 Å². The van der Waals surface area contributed by atoms with E-state index in [9.17, 15) is 10.1 Å². The van der Waals surface area contributed by atoms with E-state index in [0.29, 0.717) is 25.3 Å². The number of nitrogens with one attached hydrogen (secondary N) is 1. The first-order valence-electron chi connectivity index (χ1n) is 6.77. The molecule has 1 aliphatic rings. The number of nitrogens with zero attached hydrogens (tertiary/aromatic N) is 2. The molecule has 1 fully saturated rings. The van der Waals surface area contributed by atoms with Gasteiger partial charge in [0.2, 0.25) is 5.91 Å². The number of ether oxygens (including phenoxy) is 1. The molecule has 0 aliphatic carbocycles. The SMILES string of the molecule is CC(C)NC(=O)C1COCCN1c1ccccc1C#N. The molecule has 5 nitrogen and oxygen atoms in total. The zero-order valence-electron chi connectivity index (χ0n) is 11.8. The average molecular weight is 273 g/mol. The predicted octanol–water partition coefficient (Wildman–Crippen LogP) is 1.29. The lowest BCUT2D eigenvalue weighted by Crippen LogP contribution is -2.55. The Morgan fingerprint density at radius 2 is 2.25 bits per heavy atom. The fourth-order valence-corrected chi connectivity index (χ4v) is 2.31. The Morgan fingerprint density at radius 3 is 2.95 bits per heavy atom. The largest absolute Gasteiger partial charge is 0.377 e. The van der Waals surface area contributed by atoms with Crippen molar-refractivity contribution in [2.45, 2.75) is 25.9 Å². The first-order valence-corrected chi connectivity index (χ1v) is 6.77. The van der Waals surface area contributed by atoms with Gasteiger partial charge in [0.05, 0.1) is 24.5 Å². The molecule has 1 aromatic carbocycles. The average Bonchev–Trinajstić information content (AvgIpc) is 2.46. The van der Waals surface area contributed by atoms with Crippen LogP contribution in [0.5, 0.6) is 0 Å². The van der Waals surface area contributed by atoms with E-state index < -0.39 is 0 Å². The van der Waals surface area contributed by atoms with Crippen molar-refractivity contribution in [2.75, 3.05) is 24.7 Å². The standard InChI is InChI=1S/C15H19N3O2/c1-11(2)17-15(19)14-10-20-8-7-18(14)13-6-4-3-5-12(13)9-16/h3-6,11,14H,7-8,10H2,1-2H3,(H,17,19). The Bertz CT molecular complexity index is 522. The molecule has 0 saturated carbocycles. The van der Waals surface area contributed by atoms with Crippen molar-refractivity contribution in [2.24, 2.45) is 0 Å². The lowest BCUT2D eigenvalue weighted by Gasteiger charge is -2.37. The summed E-state index contributed by atoms with van der Waals surface area (Å²) in [4.78, 5) is 14.2. The maximum absolute atomic E-state index is 12.3. The third kappa shape index (κ3) is 3.09. The number of carbonyl (C=O) groups excluding carboxylic acids is 1. The van der Waals surface area contributed by atoms with Crippen LogP contribution in [0.25, 0.3) is 0 Å². The zero-order valence-corrected chi connectivity index (χ0v) is 11.8. The second-order valence-corrected chi connectivity index (χ2v) is 5.08. The summed E-state index contributed by atoms with van der Waals surface area (Å²) in [5, 5.41) is 12.1. The van der Waals surface area contributed by atoms with Crippen LogP contribution in [-0.2, 0) is 9.53 Å². The highest BCUT2D eigenvalue weighted by atomic mass is 16.5. The first kappa shape index (κ1) is 14.4. The van der Waals surface area contributed by atoms with Gasteiger partial charge in [0.1, 0.15) is 12.1 Å². The molecule has 1 saturated heterocycles. The molecule has 0 bridgehead atoms. The summed E-state index contributed by atoms with van der Waals surface area (Å²) in [5.41, 5.74) is 1.37. The second kappa shape index (κ2) is 6.40. The molecule has 0 radical (unpaired) electrons. The molecule has 2 rings (SSSR count). The minimum Gasteiger partial charge on any atom is -0.377 e. The summed E-state index contributed by atoms with van der Waals surface area (Å²) in [7, 11) is 0. The fraction of sp³-hybridized carbons (Fsp3) is 0.467. The van der Waals surface area contributed by atoms with Crippen molar-refractivity contribution in [3.63, 3.8) is 0 Å². The maximum Gasteiger partial charge on any atom is 0.245 e. The zero-order chi connectivity index (χ0) is 14.5. The molecule has 0 spiro atoms. The fourth-order valence-electron chi connectivity index (χ4n) is 2.31. The molecule has 0 aromatic heterocycles. The van der Waals surface area contributed by atoms with Crippen LogP contribution in [0.3, 0.4) is 0 Å². The van der Waals surface area contributed by atoms with Crippen LogP contribution < -0.4 is 10.2 Å². The molecule has 1 aromatic rings. The van der Waals surface area contributed by atoms with E-state index in [1.807, 2.05) is 36.9 Å². The van der Waals surface area contributed by atoms with Gasteiger partial charge in [0.25, 0.3) is 0 Å². The minimum absolute atomic E-state index is 0.0626. The molecule has 5 heteroatoms. The van der Waals surface area contributed by atoms with Gasteiger partial charge in [-0.25, -0.2) is 0 Å². The van der Waals surface area contributed by atoms with Gasteiger partial charge >= 0.3 is 0 Å². The number of morpholine rings is 1. The number of para-hydroxylation sites is 1.